The highest BCUT2D eigenvalue weighted by molar-refractivity contribution is 5.88. The lowest BCUT2D eigenvalue weighted by atomic mass is 10.1. The van der Waals surface area contributed by atoms with E-state index < -0.39 is 5.97 Å². The molecule has 0 unspecified atom stereocenters. The highest BCUT2D eigenvalue weighted by Gasteiger charge is 2.17. The van der Waals surface area contributed by atoms with Crippen LogP contribution in [0.15, 0.2) is 18.2 Å². The summed E-state index contributed by atoms with van der Waals surface area (Å²) in [4.78, 5) is 11.7. The fourth-order valence-electron chi connectivity index (χ4n) is 1.97. The van der Waals surface area contributed by atoms with E-state index in [0.29, 0.717) is 13.2 Å². The van der Waals surface area contributed by atoms with Gasteiger partial charge in [0.05, 0.1) is 18.8 Å². The lowest BCUT2D eigenvalue weighted by Gasteiger charge is -2.07. The van der Waals surface area contributed by atoms with E-state index in [-0.39, 0.29) is 5.69 Å². The van der Waals surface area contributed by atoms with E-state index in [4.69, 9.17) is 4.74 Å². The van der Waals surface area contributed by atoms with Crippen LogP contribution in [0.25, 0.3) is 0 Å². The Morgan fingerprint density at radius 2 is 2.00 bits per heavy atom. The topological polar surface area (TPSA) is 57.0 Å². The molecule has 20 heavy (non-hydrogen) atoms. The third-order valence-electron chi connectivity index (χ3n) is 3.36. The molecular formula is C15H19N3O2. The van der Waals surface area contributed by atoms with E-state index in [0.717, 1.165) is 11.3 Å². The zero-order valence-corrected chi connectivity index (χ0v) is 12.3. The van der Waals surface area contributed by atoms with Crippen molar-refractivity contribution in [3.05, 3.63) is 46.3 Å². The number of aromatic nitrogens is 3. The molecule has 2 rings (SSSR count). The molecule has 0 saturated carbocycles. The maximum atomic E-state index is 11.7. The van der Waals surface area contributed by atoms with Crippen molar-refractivity contribution in [1.29, 1.82) is 0 Å². The van der Waals surface area contributed by atoms with E-state index in [2.05, 4.69) is 42.4 Å². The molecule has 0 saturated heterocycles. The summed E-state index contributed by atoms with van der Waals surface area (Å²) in [5.74, 6) is -0.420. The molecule has 0 N–H and O–H groups in total. The second kappa shape index (κ2) is 5.86. The van der Waals surface area contributed by atoms with Crippen LogP contribution in [0.5, 0.6) is 0 Å². The lowest BCUT2D eigenvalue weighted by Crippen LogP contribution is -2.09. The van der Waals surface area contributed by atoms with Gasteiger partial charge in [0.1, 0.15) is 0 Å². The van der Waals surface area contributed by atoms with Crippen molar-refractivity contribution in [2.45, 2.75) is 34.2 Å². The van der Waals surface area contributed by atoms with E-state index in [1.54, 1.807) is 11.6 Å². The summed E-state index contributed by atoms with van der Waals surface area (Å²) < 4.78 is 6.67. The fraction of sp³-hybridized carbons (Fsp3) is 0.400. The predicted molar refractivity (Wildman–Crippen MR) is 75.7 cm³/mol. The van der Waals surface area contributed by atoms with Gasteiger partial charge in [0, 0.05) is 0 Å². The van der Waals surface area contributed by atoms with E-state index in [9.17, 15) is 4.79 Å². The van der Waals surface area contributed by atoms with Crippen LogP contribution in [0.3, 0.4) is 0 Å². The SMILES string of the molecule is CCOC(=O)c1nnn(Cc2ccc(C)c(C)c2)c1C. The van der Waals surface area contributed by atoms with Crippen LogP contribution in [0.4, 0.5) is 0 Å². The van der Waals surface area contributed by atoms with Crippen molar-refractivity contribution in [1.82, 2.24) is 15.0 Å². The van der Waals surface area contributed by atoms with Gasteiger partial charge in [0.15, 0.2) is 5.69 Å². The van der Waals surface area contributed by atoms with Crippen LogP contribution in [-0.4, -0.2) is 27.6 Å². The van der Waals surface area contributed by atoms with Gasteiger partial charge in [-0.25, -0.2) is 9.48 Å². The van der Waals surface area contributed by atoms with E-state index >= 15 is 0 Å². The highest BCUT2D eigenvalue weighted by Crippen LogP contribution is 2.13. The molecule has 1 heterocycles. The Hall–Kier alpha value is -2.17. The monoisotopic (exact) mass is 273 g/mol. The molecule has 2 aromatic rings. The zero-order valence-electron chi connectivity index (χ0n) is 12.3. The summed E-state index contributed by atoms with van der Waals surface area (Å²) in [6.45, 7) is 8.69. The molecule has 0 aliphatic rings. The number of aryl methyl sites for hydroxylation is 2. The van der Waals surface area contributed by atoms with Gasteiger partial charge in [-0.05, 0) is 44.4 Å². The van der Waals surface area contributed by atoms with Crippen LogP contribution in [0.2, 0.25) is 0 Å². The molecule has 0 aliphatic heterocycles. The zero-order chi connectivity index (χ0) is 14.7. The minimum Gasteiger partial charge on any atom is -0.461 e. The normalized spacial score (nSPS) is 10.6. The molecule has 0 amide bonds. The third kappa shape index (κ3) is 2.87. The van der Waals surface area contributed by atoms with Crippen LogP contribution >= 0.6 is 0 Å². The Labute approximate surface area is 118 Å². The number of carbonyl (C=O) groups is 1. The van der Waals surface area contributed by atoms with Crippen molar-refractivity contribution in [3.8, 4) is 0 Å². The summed E-state index contributed by atoms with van der Waals surface area (Å²) in [6.07, 6.45) is 0. The second-order valence-corrected chi connectivity index (χ2v) is 4.82. The van der Waals surface area contributed by atoms with Gasteiger partial charge in [-0.2, -0.15) is 0 Å². The molecular weight excluding hydrogens is 254 g/mol. The minimum atomic E-state index is -0.420. The standard InChI is InChI=1S/C15H19N3O2/c1-5-20-15(19)14-12(4)18(17-16-14)9-13-7-6-10(2)11(3)8-13/h6-8H,5,9H2,1-4H3. The third-order valence-corrected chi connectivity index (χ3v) is 3.36. The predicted octanol–water partition coefficient (Wildman–Crippen LogP) is 2.43. The van der Waals surface area contributed by atoms with Gasteiger partial charge in [-0.1, -0.05) is 23.4 Å². The largest absolute Gasteiger partial charge is 0.461 e. The molecule has 0 aliphatic carbocycles. The Bertz CT molecular complexity index is 632. The number of ether oxygens (including phenoxy) is 1. The van der Waals surface area contributed by atoms with Crippen LogP contribution in [-0.2, 0) is 11.3 Å². The average Bonchev–Trinajstić information content (AvgIpc) is 2.76. The summed E-state index contributed by atoms with van der Waals surface area (Å²) in [5.41, 5.74) is 4.65. The molecule has 1 aromatic carbocycles. The minimum absolute atomic E-state index is 0.288. The summed E-state index contributed by atoms with van der Waals surface area (Å²) in [6, 6.07) is 6.27. The number of rotatable bonds is 4. The Morgan fingerprint density at radius 1 is 1.25 bits per heavy atom. The molecule has 106 valence electrons. The Morgan fingerprint density at radius 3 is 2.65 bits per heavy atom. The maximum absolute atomic E-state index is 11.7. The Balaban J connectivity index is 2.22. The number of esters is 1. The molecule has 0 fully saturated rings. The summed E-state index contributed by atoms with van der Waals surface area (Å²) in [7, 11) is 0. The smallest absolute Gasteiger partial charge is 0.360 e. The average molecular weight is 273 g/mol. The molecule has 0 atom stereocenters. The maximum Gasteiger partial charge on any atom is 0.360 e. The van der Waals surface area contributed by atoms with Crippen LogP contribution < -0.4 is 0 Å². The van der Waals surface area contributed by atoms with Gasteiger partial charge < -0.3 is 4.74 Å². The first-order valence-corrected chi connectivity index (χ1v) is 6.66. The molecule has 1 aromatic heterocycles. The fourth-order valence-corrected chi connectivity index (χ4v) is 1.97. The van der Waals surface area contributed by atoms with E-state index in [1.165, 1.54) is 11.1 Å². The number of hydrogen-bond acceptors (Lipinski definition) is 4. The van der Waals surface area contributed by atoms with Gasteiger partial charge in [-0.3, -0.25) is 0 Å². The van der Waals surface area contributed by atoms with Gasteiger partial charge >= 0.3 is 5.97 Å². The van der Waals surface area contributed by atoms with Crippen LogP contribution in [0.1, 0.15) is 39.8 Å². The Kier molecular flexibility index (Phi) is 4.17. The van der Waals surface area contributed by atoms with Crippen molar-refractivity contribution in [2.24, 2.45) is 0 Å². The van der Waals surface area contributed by atoms with Crippen molar-refractivity contribution >= 4 is 5.97 Å². The second-order valence-electron chi connectivity index (χ2n) is 4.82. The molecule has 5 nitrogen and oxygen atoms in total. The molecule has 5 heteroatoms. The quantitative estimate of drug-likeness (QED) is 0.803. The van der Waals surface area contributed by atoms with Crippen molar-refractivity contribution in [2.75, 3.05) is 6.61 Å². The molecule has 0 radical (unpaired) electrons. The first kappa shape index (κ1) is 14.2. The summed E-state index contributed by atoms with van der Waals surface area (Å²) >= 11 is 0. The number of carbonyl (C=O) groups excluding carboxylic acids is 1. The van der Waals surface area contributed by atoms with Crippen LogP contribution in [0, 0.1) is 20.8 Å². The van der Waals surface area contributed by atoms with Gasteiger partial charge in [0.25, 0.3) is 0 Å². The van der Waals surface area contributed by atoms with Gasteiger partial charge in [-0.15, -0.1) is 5.10 Å². The van der Waals surface area contributed by atoms with E-state index in [1.807, 2.05) is 6.92 Å². The van der Waals surface area contributed by atoms with Crippen molar-refractivity contribution < 1.29 is 9.53 Å². The number of hydrogen-bond donors (Lipinski definition) is 0. The summed E-state index contributed by atoms with van der Waals surface area (Å²) in [5, 5.41) is 7.94. The highest BCUT2D eigenvalue weighted by atomic mass is 16.5. The number of benzene rings is 1. The lowest BCUT2D eigenvalue weighted by molar-refractivity contribution is 0.0518. The molecule has 0 bridgehead atoms. The molecule has 0 spiro atoms. The van der Waals surface area contributed by atoms with Gasteiger partial charge in [0.2, 0.25) is 0 Å². The first-order chi connectivity index (χ1) is 9.52. The van der Waals surface area contributed by atoms with Crippen molar-refractivity contribution in [3.63, 3.8) is 0 Å². The number of nitrogens with zero attached hydrogens (tertiary/aromatic N) is 3. The first-order valence-electron chi connectivity index (χ1n) is 6.66.